The van der Waals surface area contributed by atoms with Gasteiger partial charge in [0.25, 0.3) is 0 Å². The third-order valence-corrected chi connectivity index (χ3v) is 10.3. The molecule has 6 nitrogen and oxygen atoms in total. The van der Waals surface area contributed by atoms with Gasteiger partial charge in [-0.05, 0) is 157 Å². The maximum Gasteiger partial charge on any atom is 0.186 e. The second-order valence-corrected chi connectivity index (χ2v) is 14.6. The van der Waals surface area contributed by atoms with Crippen molar-refractivity contribution in [3.05, 3.63) is 106 Å². The molecular weight excluding hydrogens is 673 g/mol. The fraction of sp³-hybridized carbons (Fsp3) is 0.479. The van der Waals surface area contributed by atoms with E-state index >= 15 is 0 Å². The van der Waals surface area contributed by atoms with Gasteiger partial charge in [-0.3, -0.25) is 9.59 Å². The molecule has 2 aromatic carbocycles. The van der Waals surface area contributed by atoms with Gasteiger partial charge in [0.05, 0.1) is 27.4 Å². The summed E-state index contributed by atoms with van der Waals surface area (Å²) in [5.74, 6) is 3.19. The van der Waals surface area contributed by atoms with Crippen LogP contribution in [0.4, 0.5) is 0 Å². The molecule has 2 aromatic rings. The van der Waals surface area contributed by atoms with Crippen molar-refractivity contribution in [1.29, 1.82) is 0 Å². The molecule has 0 radical (unpaired) electrons. The molecule has 4 rings (SSSR count). The molecule has 2 aliphatic carbocycles. The maximum atomic E-state index is 13.7. The Balaban J connectivity index is 0.00000385. The largest absolute Gasteiger partial charge is 0.493 e. The van der Waals surface area contributed by atoms with E-state index in [1.807, 2.05) is 52.0 Å². The molecule has 0 aromatic heterocycles. The van der Waals surface area contributed by atoms with Gasteiger partial charge in [-0.15, -0.1) is 5.73 Å². The standard InChI is InChI=1S/C46H58O6.C2H6/c1-10-15-35-21-31(4)22-37(25-35)26-41(47)39-28-42(49-8)44(24-33(39)6)51-18-13-12-14-19-52-45-27-38-32(5)16-17-36(20-30(3)11-2)23-34(7)46(48)40(38)29-43(45)50-9;1-2/h11,15-16,22,24,26-29,34-36H,1,12-14,17-21,23,25H2,2-9H3;1-2H3/b30-11-,32-16?,37-26-;/t34?,35-,36-;/m1./s1. The van der Waals surface area contributed by atoms with Crippen molar-refractivity contribution in [3.8, 4) is 23.0 Å². The number of Topliss-reactive ketones (excluding diaryl/α,β-unsaturated/α-hetero) is 1. The monoisotopic (exact) mass is 736 g/mol. The lowest BCUT2D eigenvalue weighted by Gasteiger charge is -2.20. The zero-order chi connectivity index (χ0) is 39.8. The minimum atomic E-state index is -0.0736. The summed E-state index contributed by atoms with van der Waals surface area (Å²) in [5, 5.41) is 0. The van der Waals surface area contributed by atoms with Crippen molar-refractivity contribution in [2.24, 2.45) is 17.8 Å². The summed E-state index contributed by atoms with van der Waals surface area (Å²) in [6, 6.07) is 7.51. The molecule has 54 heavy (non-hydrogen) atoms. The van der Waals surface area contributed by atoms with Crippen LogP contribution in [0.1, 0.15) is 132 Å². The van der Waals surface area contributed by atoms with E-state index in [1.165, 1.54) is 11.1 Å². The SMILES string of the molecule is C=C=C[C@@H]1CC(C)=C/C(=C/C(=O)c2cc(OC)c(OCCCCCOc3cc4c(cc3OC)C(=O)C(C)C[C@@H](C/C(C)=C\C)CC=C4C)cc2C)C1.CC. The molecule has 0 fully saturated rings. The van der Waals surface area contributed by atoms with Crippen LogP contribution in [-0.2, 0) is 0 Å². The van der Waals surface area contributed by atoms with Gasteiger partial charge in [-0.2, -0.15) is 0 Å². The van der Waals surface area contributed by atoms with E-state index in [0.717, 1.165) is 73.6 Å². The van der Waals surface area contributed by atoms with Crippen LogP contribution in [0.5, 0.6) is 23.0 Å². The van der Waals surface area contributed by atoms with Crippen molar-refractivity contribution in [2.45, 2.75) is 107 Å². The van der Waals surface area contributed by atoms with Crippen molar-refractivity contribution in [3.63, 3.8) is 0 Å². The van der Waals surface area contributed by atoms with E-state index in [1.54, 1.807) is 26.4 Å². The molecule has 6 heteroatoms. The molecule has 292 valence electrons. The molecule has 0 heterocycles. The van der Waals surface area contributed by atoms with Crippen LogP contribution in [0.25, 0.3) is 5.57 Å². The first-order valence-corrected chi connectivity index (χ1v) is 19.7. The molecule has 3 atom stereocenters. The molecule has 0 amide bonds. The van der Waals surface area contributed by atoms with Gasteiger partial charge in [-0.25, -0.2) is 0 Å². The van der Waals surface area contributed by atoms with Gasteiger partial charge in [-0.1, -0.05) is 56.7 Å². The van der Waals surface area contributed by atoms with Gasteiger partial charge in [0, 0.05) is 17.0 Å². The summed E-state index contributed by atoms with van der Waals surface area (Å²) in [6.45, 7) is 21.1. The quantitative estimate of drug-likeness (QED) is 0.0596. The number of ether oxygens (including phenoxy) is 4. The number of carbonyl (C=O) groups excluding carboxylic acids is 2. The first-order chi connectivity index (χ1) is 26.0. The third kappa shape index (κ3) is 12.2. The van der Waals surface area contributed by atoms with Gasteiger partial charge in [0.1, 0.15) is 0 Å². The topological polar surface area (TPSA) is 71.1 Å². The third-order valence-electron chi connectivity index (χ3n) is 10.3. The number of hydrogen-bond acceptors (Lipinski definition) is 6. The Hall–Kier alpha value is -4.54. The lowest BCUT2D eigenvalue weighted by atomic mass is 9.85. The van der Waals surface area contributed by atoms with E-state index in [0.29, 0.717) is 59.2 Å². The number of ketones is 2. The highest BCUT2D eigenvalue weighted by Crippen LogP contribution is 2.38. The Morgan fingerprint density at radius 1 is 0.907 bits per heavy atom. The Morgan fingerprint density at radius 2 is 1.54 bits per heavy atom. The van der Waals surface area contributed by atoms with Crippen LogP contribution in [0.3, 0.4) is 0 Å². The van der Waals surface area contributed by atoms with Crippen LogP contribution in [0.15, 0.2) is 83.7 Å². The van der Waals surface area contributed by atoms with Crippen LogP contribution in [-0.4, -0.2) is 39.0 Å². The Morgan fingerprint density at radius 3 is 2.17 bits per heavy atom. The highest BCUT2D eigenvalue weighted by Gasteiger charge is 2.26. The molecule has 1 unspecified atom stereocenters. The van der Waals surface area contributed by atoms with Gasteiger partial charge in [0.2, 0.25) is 0 Å². The first kappa shape index (κ1) is 43.9. The van der Waals surface area contributed by atoms with E-state index < -0.39 is 0 Å². The number of allylic oxidation sites excluding steroid dienone is 9. The van der Waals surface area contributed by atoms with Crippen LogP contribution in [0.2, 0.25) is 0 Å². The smallest absolute Gasteiger partial charge is 0.186 e. The second kappa shape index (κ2) is 22.0. The Labute approximate surface area is 325 Å². The predicted octanol–water partition coefficient (Wildman–Crippen LogP) is 12.5. The van der Waals surface area contributed by atoms with Crippen LogP contribution >= 0.6 is 0 Å². The molecule has 0 N–H and O–H groups in total. The van der Waals surface area contributed by atoms with Gasteiger partial charge < -0.3 is 18.9 Å². The van der Waals surface area contributed by atoms with Gasteiger partial charge in [0.15, 0.2) is 34.6 Å². The Bertz CT molecular complexity index is 1780. The number of benzene rings is 2. The lowest BCUT2D eigenvalue weighted by molar-refractivity contribution is 0.0911. The minimum absolute atomic E-state index is 0.0436. The fourth-order valence-corrected chi connectivity index (χ4v) is 7.32. The summed E-state index contributed by atoms with van der Waals surface area (Å²) in [5.41, 5.74) is 10.7. The van der Waals surface area contributed by atoms with Crippen molar-refractivity contribution in [1.82, 2.24) is 0 Å². The maximum absolute atomic E-state index is 13.7. The highest BCUT2D eigenvalue weighted by atomic mass is 16.5. The summed E-state index contributed by atoms with van der Waals surface area (Å²) < 4.78 is 23.7. The summed E-state index contributed by atoms with van der Waals surface area (Å²) in [4.78, 5) is 27.0. The molecular formula is C48H64O6. The van der Waals surface area contributed by atoms with Crippen LogP contribution in [0, 0.1) is 24.7 Å². The van der Waals surface area contributed by atoms with Crippen molar-refractivity contribution < 1.29 is 28.5 Å². The van der Waals surface area contributed by atoms with E-state index in [-0.39, 0.29) is 17.5 Å². The first-order valence-electron chi connectivity index (χ1n) is 19.7. The Kier molecular flexibility index (Phi) is 17.9. The average molecular weight is 737 g/mol. The lowest BCUT2D eigenvalue weighted by Crippen LogP contribution is -2.17. The summed E-state index contributed by atoms with van der Waals surface area (Å²) >= 11 is 0. The number of methoxy groups -OCH3 is 2. The van der Waals surface area contributed by atoms with Gasteiger partial charge >= 0.3 is 0 Å². The highest BCUT2D eigenvalue weighted by molar-refractivity contribution is 6.06. The van der Waals surface area contributed by atoms with E-state index in [4.69, 9.17) is 18.9 Å². The van der Waals surface area contributed by atoms with Crippen molar-refractivity contribution in [2.75, 3.05) is 27.4 Å². The molecule has 2 aliphatic rings. The fourth-order valence-electron chi connectivity index (χ4n) is 7.32. The molecule has 0 saturated heterocycles. The zero-order valence-corrected chi connectivity index (χ0v) is 34.7. The zero-order valence-electron chi connectivity index (χ0n) is 34.7. The summed E-state index contributed by atoms with van der Waals surface area (Å²) in [6.07, 6.45) is 17.4. The minimum Gasteiger partial charge on any atom is -0.493 e. The number of hydrogen-bond donors (Lipinski definition) is 0. The molecule has 0 aliphatic heterocycles. The van der Waals surface area contributed by atoms with E-state index in [9.17, 15) is 9.59 Å². The number of rotatable bonds is 15. The molecule has 0 bridgehead atoms. The second-order valence-electron chi connectivity index (χ2n) is 14.6. The molecule has 0 spiro atoms. The molecule has 0 saturated carbocycles. The summed E-state index contributed by atoms with van der Waals surface area (Å²) in [7, 11) is 3.22. The number of carbonyl (C=O) groups is 2. The number of aryl methyl sites for hydroxylation is 1. The normalized spacial score (nSPS) is 19.4. The predicted molar refractivity (Wildman–Crippen MR) is 223 cm³/mol. The average Bonchev–Trinajstić information content (AvgIpc) is 3.19. The van der Waals surface area contributed by atoms with E-state index in [2.05, 4.69) is 58.2 Å². The number of fused-ring (bicyclic) bond motifs is 1. The van der Waals surface area contributed by atoms with Crippen molar-refractivity contribution >= 4 is 17.1 Å². The van der Waals surface area contributed by atoms with Crippen LogP contribution < -0.4 is 18.9 Å². The number of unbranched alkanes of at least 4 members (excludes halogenated alkanes) is 2.